The van der Waals surface area contributed by atoms with Gasteiger partial charge in [0.2, 0.25) is 0 Å². The maximum absolute atomic E-state index is 13.0. The molecule has 1 heterocycles. The van der Waals surface area contributed by atoms with Gasteiger partial charge < -0.3 is 10.2 Å². The van der Waals surface area contributed by atoms with Crippen molar-refractivity contribution in [1.82, 2.24) is 10.2 Å². The Balaban J connectivity index is 1.56. The van der Waals surface area contributed by atoms with Crippen molar-refractivity contribution in [2.75, 3.05) is 13.1 Å². The first-order chi connectivity index (χ1) is 9.63. The molecule has 1 aromatic carbocycles. The van der Waals surface area contributed by atoms with Gasteiger partial charge in [-0.25, -0.2) is 4.39 Å². The second kappa shape index (κ2) is 5.82. The first-order valence-electron chi connectivity index (χ1n) is 7.13. The molecule has 3 nitrogen and oxygen atoms in total. The zero-order valence-corrected chi connectivity index (χ0v) is 12.8. The third-order valence-corrected chi connectivity index (χ3v) is 4.76. The Morgan fingerprint density at radius 1 is 1.25 bits per heavy atom. The van der Waals surface area contributed by atoms with Crippen molar-refractivity contribution < 1.29 is 9.18 Å². The number of likely N-dealkylation sites (tertiary alicyclic amines) is 1. The van der Waals surface area contributed by atoms with Crippen LogP contribution in [0.5, 0.6) is 0 Å². The molecule has 2 fully saturated rings. The van der Waals surface area contributed by atoms with E-state index in [9.17, 15) is 9.18 Å². The Bertz CT molecular complexity index is 511. The first kappa shape index (κ1) is 14.0. The minimum absolute atomic E-state index is 0.123. The number of carbonyl (C=O) groups is 1. The summed E-state index contributed by atoms with van der Waals surface area (Å²) in [6, 6.07) is 5.20. The number of nitrogens with one attached hydrogen (secondary N) is 1. The smallest absolute Gasteiger partial charge is 0.252 e. The van der Waals surface area contributed by atoms with Gasteiger partial charge in [-0.15, -0.1) is 0 Å². The molecule has 0 unspecified atom stereocenters. The molecule has 0 radical (unpaired) electrons. The molecule has 3 rings (SSSR count). The van der Waals surface area contributed by atoms with Gasteiger partial charge in [-0.1, -0.05) is 0 Å². The maximum atomic E-state index is 13.0. The van der Waals surface area contributed by atoms with E-state index in [2.05, 4.69) is 26.1 Å². The van der Waals surface area contributed by atoms with Gasteiger partial charge in [0, 0.05) is 29.6 Å². The molecule has 1 amide bonds. The maximum Gasteiger partial charge on any atom is 0.252 e. The van der Waals surface area contributed by atoms with Crippen LogP contribution in [0.25, 0.3) is 0 Å². The van der Waals surface area contributed by atoms with Crippen LogP contribution in [0, 0.1) is 5.82 Å². The van der Waals surface area contributed by atoms with E-state index < -0.39 is 0 Å². The molecule has 0 spiro atoms. The van der Waals surface area contributed by atoms with Crippen LogP contribution in [0.4, 0.5) is 4.39 Å². The van der Waals surface area contributed by atoms with Crippen molar-refractivity contribution in [2.45, 2.75) is 37.8 Å². The lowest BCUT2D eigenvalue weighted by molar-refractivity contribution is 0.0908. The zero-order chi connectivity index (χ0) is 14.1. The minimum Gasteiger partial charge on any atom is -0.349 e. The predicted octanol–water partition coefficient (Wildman–Crippen LogP) is 2.94. The third-order valence-electron chi connectivity index (χ3n) is 4.10. The summed E-state index contributed by atoms with van der Waals surface area (Å²) in [5.41, 5.74) is 0.496. The Morgan fingerprint density at radius 3 is 2.55 bits per heavy atom. The van der Waals surface area contributed by atoms with Crippen LogP contribution in [-0.2, 0) is 0 Å². The number of nitrogens with zero attached hydrogens (tertiary/aromatic N) is 1. The Kier molecular flexibility index (Phi) is 4.08. The van der Waals surface area contributed by atoms with Crippen LogP contribution >= 0.6 is 15.9 Å². The number of benzene rings is 1. The molecule has 0 aromatic heterocycles. The number of amides is 1. The summed E-state index contributed by atoms with van der Waals surface area (Å²) < 4.78 is 13.5. The monoisotopic (exact) mass is 340 g/mol. The number of rotatable bonds is 3. The summed E-state index contributed by atoms with van der Waals surface area (Å²) in [5.74, 6) is -0.465. The van der Waals surface area contributed by atoms with E-state index in [1.165, 1.54) is 31.0 Å². The zero-order valence-electron chi connectivity index (χ0n) is 11.2. The van der Waals surface area contributed by atoms with Crippen molar-refractivity contribution in [2.24, 2.45) is 0 Å². The second-order valence-corrected chi connectivity index (χ2v) is 6.49. The van der Waals surface area contributed by atoms with E-state index >= 15 is 0 Å². The van der Waals surface area contributed by atoms with E-state index in [4.69, 9.17) is 0 Å². The largest absolute Gasteiger partial charge is 0.349 e. The topological polar surface area (TPSA) is 32.3 Å². The molecule has 2 aliphatic rings. The number of hydrogen-bond acceptors (Lipinski definition) is 2. The number of halogens is 2. The lowest BCUT2D eigenvalue weighted by atomic mass is 10.0. The van der Waals surface area contributed by atoms with Crippen LogP contribution in [0.1, 0.15) is 36.0 Å². The molecule has 1 saturated carbocycles. The summed E-state index contributed by atoms with van der Waals surface area (Å²) >= 11 is 3.24. The molecule has 1 saturated heterocycles. The molecule has 20 heavy (non-hydrogen) atoms. The Labute approximate surface area is 126 Å². The van der Waals surface area contributed by atoms with Crippen LogP contribution < -0.4 is 5.32 Å². The molecular weight excluding hydrogens is 323 g/mol. The van der Waals surface area contributed by atoms with Gasteiger partial charge >= 0.3 is 0 Å². The molecule has 1 aromatic rings. The molecule has 1 aliphatic carbocycles. The quantitative estimate of drug-likeness (QED) is 0.917. The molecule has 108 valence electrons. The van der Waals surface area contributed by atoms with Gasteiger partial charge in [-0.3, -0.25) is 4.79 Å². The Hall–Kier alpha value is -0.940. The summed E-state index contributed by atoms with van der Waals surface area (Å²) in [7, 11) is 0. The summed E-state index contributed by atoms with van der Waals surface area (Å²) in [6.07, 6.45) is 4.67. The third kappa shape index (κ3) is 3.20. The fraction of sp³-hybridized carbons (Fsp3) is 0.533. The average molecular weight is 341 g/mol. The highest BCUT2D eigenvalue weighted by molar-refractivity contribution is 9.10. The SMILES string of the molecule is O=C(NC1CCN(C2CC2)CC1)c1ccc(F)cc1Br. The number of hydrogen-bond donors (Lipinski definition) is 1. The Morgan fingerprint density at radius 2 is 1.95 bits per heavy atom. The average Bonchev–Trinajstić information content (AvgIpc) is 3.23. The fourth-order valence-electron chi connectivity index (χ4n) is 2.79. The molecule has 0 atom stereocenters. The van der Waals surface area contributed by atoms with Crippen molar-refractivity contribution >= 4 is 21.8 Å². The normalized spacial score (nSPS) is 20.9. The lowest BCUT2D eigenvalue weighted by Gasteiger charge is -2.32. The van der Waals surface area contributed by atoms with Crippen LogP contribution in [0.3, 0.4) is 0 Å². The van der Waals surface area contributed by atoms with Crippen LogP contribution in [-0.4, -0.2) is 36.0 Å². The lowest BCUT2D eigenvalue weighted by Crippen LogP contribution is -2.45. The van der Waals surface area contributed by atoms with Gasteiger partial charge in [-0.05, 0) is 59.8 Å². The van der Waals surface area contributed by atoms with Crippen molar-refractivity contribution in [3.63, 3.8) is 0 Å². The van der Waals surface area contributed by atoms with Gasteiger partial charge in [-0.2, -0.15) is 0 Å². The van der Waals surface area contributed by atoms with Crippen molar-refractivity contribution in [3.05, 3.63) is 34.1 Å². The highest BCUT2D eigenvalue weighted by Gasteiger charge is 2.32. The number of carbonyl (C=O) groups excluding carboxylic acids is 1. The standard InChI is InChI=1S/C15H18BrFN2O/c16-14-9-10(17)1-4-13(14)15(20)18-11-5-7-19(8-6-11)12-2-3-12/h1,4,9,11-12H,2-3,5-8H2,(H,18,20). The molecular formula is C15H18BrFN2O. The molecule has 0 bridgehead atoms. The van der Waals surface area contributed by atoms with Gasteiger partial charge in [0.1, 0.15) is 5.82 Å². The fourth-order valence-corrected chi connectivity index (χ4v) is 3.32. The number of piperidine rings is 1. The predicted molar refractivity (Wildman–Crippen MR) is 79.2 cm³/mol. The van der Waals surface area contributed by atoms with E-state index in [1.807, 2.05) is 0 Å². The van der Waals surface area contributed by atoms with E-state index in [0.29, 0.717) is 10.0 Å². The first-order valence-corrected chi connectivity index (χ1v) is 7.93. The molecule has 1 aliphatic heterocycles. The highest BCUT2D eigenvalue weighted by atomic mass is 79.9. The van der Waals surface area contributed by atoms with Crippen LogP contribution in [0.15, 0.2) is 22.7 Å². The van der Waals surface area contributed by atoms with Gasteiger partial charge in [0.15, 0.2) is 0 Å². The van der Waals surface area contributed by atoms with Gasteiger partial charge in [0.05, 0.1) is 5.56 Å². The van der Waals surface area contributed by atoms with E-state index in [1.54, 1.807) is 0 Å². The minimum atomic E-state index is -0.342. The van der Waals surface area contributed by atoms with Crippen molar-refractivity contribution in [1.29, 1.82) is 0 Å². The summed E-state index contributed by atoms with van der Waals surface area (Å²) in [4.78, 5) is 14.7. The summed E-state index contributed by atoms with van der Waals surface area (Å²) in [6.45, 7) is 2.14. The van der Waals surface area contributed by atoms with Crippen molar-refractivity contribution in [3.8, 4) is 0 Å². The second-order valence-electron chi connectivity index (χ2n) is 5.64. The summed E-state index contributed by atoms with van der Waals surface area (Å²) in [5, 5.41) is 3.06. The van der Waals surface area contributed by atoms with E-state index in [0.717, 1.165) is 32.0 Å². The van der Waals surface area contributed by atoms with Gasteiger partial charge in [0.25, 0.3) is 5.91 Å². The van der Waals surface area contributed by atoms with Crippen LogP contribution in [0.2, 0.25) is 0 Å². The molecule has 1 N–H and O–H groups in total. The molecule has 5 heteroatoms. The van der Waals surface area contributed by atoms with E-state index in [-0.39, 0.29) is 17.8 Å². The highest BCUT2D eigenvalue weighted by Crippen LogP contribution is 2.29.